The van der Waals surface area contributed by atoms with E-state index in [2.05, 4.69) is 0 Å². The van der Waals surface area contributed by atoms with E-state index in [-0.39, 0.29) is 28.6 Å². The molecule has 0 aromatic heterocycles. The average Bonchev–Trinajstić information content (AvgIpc) is 2.38. The molecule has 1 aromatic carbocycles. The van der Waals surface area contributed by atoms with Gasteiger partial charge in [-0.3, -0.25) is 4.79 Å². The van der Waals surface area contributed by atoms with Crippen LogP contribution in [-0.2, 0) is 10.0 Å². The Bertz CT molecular complexity index is 617. The second-order valence-corrected chi connectivity index (χ2v) is 7.52. The summed E-state index contributed by atoms with van der Waals surface area (Å²) in [6.07, 6.45) is 1.32. The number of rotatable bonds is 3. The fraction of sp³-hybridized carbons (Fsp3) is 0.462. The largest absolute Gasteiger partial charge is 0.390 e. The minimum absolute atomic E-state index is 0.0645. The van der Waals surface area contributed by atoms with Gasteiger partial charge in [0.05, 0.1) is 10.6 Å². The molecule has 0 spiro atoms. The van der Waals surface area contributed by atoms with E-state index in [4.69, 9.17) is 11.6 Å². The Balaban J connectivity index is 2.34. The summed E-state index contributed by atoms with van der Waals surface area (Å²) in [6.45, 7) is 2.16. The lowest BCUT2D eigenvalue weighted by atomic mass is 9.95. The molecule has 1 aromatic rings. The quantitative estimate of drug-likeness (QED) is 0.861. The lowest BCUT2D eigenvalue weighted by molar-refractivity contribution is 0.0126. The number of carbonyl (C=O) groups excluding carboxylic acids is 1. The highest BCUT2D eigenvalue weighted by molar-refractivity contribution is 7.89. The van der Waals surface area contributed by atoms with E-state index < -0.39 is 15.6 Å². The van der Waals surface area contributed by atoms with Crippen molar-refractivity contribution in [3.8, 4) is 0 Å². The third-order valence-electron chi connectivity index (χ3n) is 3.51. The molecule has 1 saturated heterocycles. The van der Waals surface area contributed by atoms with Crippen molar-refractivity contribution < 1.29 is 18.3 Å². The summed E-state index contributed by atoms with van der Waals surface area (Å²) in [5.41, 5.74) is -0.572. The van der Waals surface area contributed by atoms with Crippen molar-refractivity contribution in [1.29, 1.82) is 0 Å². The Morgan fingerprint density at radius 3 is 2.50 bits per heavy atom. The Morgan fingerprint density at radius 1 is 1.35 bits per heavy atom. The molecular formula is C13H16ClNO4S. The van der Waals surface area contributed by atoms with Crippen LogP contribution in [0, 0.1) is 0 Å². The highest BCUT2D eigenvalue weighted by atomic mass is 35.5. The molecule has 1 heterocycles. The van der Waals surface area contributed by atoms with Crippen molar-refractivity contribution in [3.63, 3.8) is 0 Å². The standard InChI is InChI=1S/C13H16ClNO4S/c1-13(17)4-6-15(7-5-13)20(18,19)12-8-10(9-16)2-3-11(12)14/h2-3,8-9,17H,4-7H2,1H3. The molecule has 0 aliphatic carbocycles. The van der Waals surface area contributed by atoms with E-state index >= 15 is 0 Å². The summed E-state index contributed by atoms with van der Waals surface area (Å²) in [5, 5.41) is 9.96. The van der Waals surface area contributed by atoms with Crippen LogP contribution >= 0.6 is 11.6 Å². The summed E-state index contributed by atoms with van der Waals surface area (Å²) >= 11 is 5.94. The predicted octanol–water partition coefficient (Wildman–Crippen LogP) is 1.69. The van der Waals surface area contributed by atoms with E-state index in [1.54, 1.807) is 6.92 Å². The molecule has 0 radical (unpaired) electrons. The van der Waals surface area contributed by atoms with Crippen LogP contribution in [0.3, 0.4) is 0 Å². The second kappa shape index (κ2) is 5.44. The van der Waals surface area contributed by atoms with Gasteiger partial charge in [-0.25, -0.2) is 8.42 Å². The van der Waals surface area contributed by atoms with Gasteiger partial charge in [0, 0.05) is 18.7 Å². The van der Waals surface area contributed by atoms with E-state index in [0.29, 0.717) is 19.1 Å². The smallest absolute Gasteiger partial charge is 0.244 e. The molecular weight excluding hydrogens is 302 g/mol. The topological polar surface area (TPSA) is 74.7 Å². The average molecular weight is 318 g/mol. The number of aliphatic hydroxyl groups is 1. The van der Waals surface area contributed by atoms with Gasteiger partial charge >= 0.3 is 0 Å². The lowest BCUT2D eigenvalue weighted by Crippen LogP contribution is -2.45. The van der Waals surface area contributed by atoms with Crippen LogP contribution in [-0.4, -0.2) is 42.8 Å². The molecule has 0 amide bonds. The molecule has 2 rings (SSSR count). The van der Waals surface area contributed by atoms with Crippen LogP contribution in [0.1, 0.15) is 30.1 Å². The number of hydrogen-bond donors (Lipinski definition) is 1. The number of hydrogen-bond acceptors (Lipinski definition) is 4. The molecule has 0 unspecified atom stereocenters. The normalized spacial score (nSPS) is 19.8. The van der Waals surface area contributed by atoms with Gasteiger partial charge in [-0.2, -0.15) is 4.31 Å². The number of piperidine rings is 1. The van der Waals surface area contributed by atoms with Gasteiger partial charge in [0.25, 0.3) is 0 Å². The summed E-state index contributed by atoms with van der Waals surface area (Å²) in [4.78, 5) is 10.7. The number of aldehydes is 1. The first kappa shape index (κ1) is 15.4. The van der Waals surface area contributed by atoms with Crippen molar-refractivity contribution >= 4 is 27.9 Å². The minimum Gasteiger partial charge on any atom is -0.390 e. The molecule has 7 heteroatoms. The van der Waals surface area contributed by atoms with Crippen molar-refractivity contribution in [2.75, 3.05) is 13.1 Å². The first-order valence-corrected chi connectivity index (χ1v) is 8.05. The van der Waals surface area contributed by atoms with E-state index in [1.165, 1.54) is 22.5 Å². The molecule has 0 atom stereocenters. The van der Waals surface area contributed by atoms with Gasteiger partial charge in [-0.15, -0.1) is 0 Å². The zero-order valence-electron chi connectivity index (χ0n) is 11.0. The maximum absolute atomic E-state index is 12.5. The lowest BCUT2D eigenvalue weighted by Gasteiger charge is -2.35. The zero-order valence-corrected chi connectivity index (χ0v) is 12.6. The van der Waals surface area contributed by atoms with Crippen LogP contribution in [0.2, 0.25) is 5.02 Å². The van der Waals surface area contributed by atoms with Crippen molar-refractivity contribution in [1.82, 2.24) is 4.31 Å². The number of sulfonamides is 1. The van der Waals surface area contributed by atoms with E-state index in [0.717, 1.165) is 0 Å². The Kier molecular flexibility index (Phi) is 4.20. The number of nitrogens with zero attached hydrogens (tertiary/aromatic N) is 1. The fourth-order valence-electron chi connectivity index (χ4n) is 2.14. The first-order valence-electron chi connectivity index (χ1n) is 6.23. The summed E-state index contributed by atoms with van der Waals surface area (Å²) in [5.74, 6) is 0. The van der Waals surface area contributed by atoms with Crippen LogP contribution in [0.5, 0.6) is 0 Å². The molecule has 20 heavy (non-hydrogen) atoms. The third kappa shape index (κ3) is 3.03. The van der Waals surface area contributed by atoms with Gasteiger partial charge in [0.1, 0.15) is 11.2 Å². The third-order valence-corrected chi connectivity index (χ3v) is 5.89. The van der Waals surface area contributed by atoms with E-state index in [9.17, 15) is 18.3 Å². The highest BCUT2D eigenvalue weighted by Crippen LogP contribution is 2.30. The predicted molar refractivity (Wildman–Crippen MR) is 75.5 cm³/mol. The number of benzene rings is 1. The van der Waals surface area contributed by atoms with Crippen LogP contribution in [0.15, 0.2) is 23.1 Å². The summed E-state index contributed by atoms with van der Waals surface area (Å²) in [6, 6.07) is 4.14. The SMILES string of the molecule is CC1(O)CCN(S(=O)(=O)c2cc(C=O)ccc2Cl)CC1. The maximum Gasteiger partial charge on any atom is 0.244 e. The van der Waals surface area contributed by atoms with Crippen LogP contribution in [0.4, 0.5) is 0 Å². The van der Waals surface area contributed by atoms with Crippen molar-refractivity contribution in [2.45, 2.75) is 30.3 Å². The molecule has 1 fully saturated rings. The first-order chi connectivity index (χ1) is 9.26. The Morgan fingerprint density at radius 2 is 1.95 bits per heavy atom. The number of halogens is 1. The van der Waals surface area contributed by atoms with Gasteiger partial charge in [0.15, 0.2) is 0 Å². The molecule has 5 nitrogen and oxygen atoms in total. The molecule has 1 aliphatic heterocycles. The second-order valence-electron chi connectivity index (χ2n) is 5.21. The van der Waals surface area contributed by atoms with Gasteiger partial charge in [-0.05, 0) is 31.9 Å². The minimum atomic E-state index is -3.74. The Labute approximate surface area is 123 Å². The molecule has 1 aliphatic rings. The maximum atomic E-state index is 12.5. The van der Waals surface area contributed by atoms with Gasteiger partial charge in [0.2, 0.25) is 10.0 Å². The molecule has 0 bridgehead atoms. The zero-order chi connectivity index (χ0) is 15.0. The van der Waals surface area contributed by atoms with Gasteiger partial charge < -0.3 is 5.11 Å². The Hall–Kier alpha value is -0.950. The van der Waals surface area contributed by atoms with Crippen molar-refractivity contribution in [3.05, 3.63) is 28.8 Å². The number of carbonyl (C=O) groups is 1. The summed E-state index contributed by atoms with van der Waals surface area (Å²) in [7, 11) is -3.74. The van der Waals surface area contributed by atoms with Gasteiger partial charge in [-0.1, -0.05) is 17.7 Å². The van der Waals surface area contributed by atoms with Crippen LogP contribution < -0.4 is 0 Å². The highest BCUT2D eigenvalue weighted by Gasteiger charge is 2.34. The molecule has 1 N–H and O–H groups in total. The fourth-order valence-corrected chi connectivity index (χ4v) is 4.09. The molecule has 0 saturated carbocycles. The summed E-state index contributed by atoms with van der Waals surface area (Å²) < 4.78 is 26.4. The van der Waals surface area contributed by atoms with Crippen LogP contribution in [0.25, 0.3) is 0 Å². The van der Waals surface area contributed by atoms with E-state index in [1.807, 2.05) is 0 Å². The monoisotopic (exact) mass is 317 g/mol. The molecule has 110 valence electrons. The van der Waals surface area contributed by atoms with Crippen molar-refractivity contribution in [2.24, 2.45) is 0 Å².